The normalized spacial score (nSPS) is 10.4. The van der Waals surface area contributed by atoms with Gasteiger partial charge >= 0.3 is 0 Å². The predicted octanol–water partition coefficient (Wildman–Crippen LogP) is 3.97. The van der Waals surface area contributed by atoms with Crippen molar-refractivity contribution < 1.29 is 8.78 Å². The smallest absolute Gasteiger partial charge is 0.224 e. The molecule has 106 valence electrons. The first kappa shape index (κ1) is 14.5. The summed E-state index contributed by atoms with van der Waals surface area (Å²) in [4.78, 5) is 7.76. The van der Waals surface area contributed by atoms with E-state index >= 15 is 0 Å². The highest BCUT2D eigenvalue weighted by Gasteiger charge is 2.10. The van der Waals surface area contributed by atoms with Gasteiger partial charge in [-0.2, -0.15) is 4.98 Å². The Bertz CT molecular complexity index is 607. The Morgan fingerprint density at radius 2 is 2.05 bits per heavy atom. The Balaban J connectivity index is 2.25. The van der Waals surface area contributed by atoms with Crippen LogP contribution < -0.4 is 10.6 Å². The molecule has 2 aromatic rings. The van der Waals surface area contributed by atoms with Crippen molar-refractivity contribution in [3.05, 3.63) is 41.1 Å². The molecule has 0 spiro atoms. The molecule has 1 heterocycles. The van der Waals surface area contributed by atoms with Crippen LogP contribution in [0.1, 0.15) is 13.3 Å². The Morgan fingerprint density at radius 3 is 2.80 bits per heavy atom. The zero-order chi connectivity index (χ0) is 14.5. The maximum absolute atomic E-state index is 13.6. The van der Waals surface area contributed by atoms with Gasteiger partial charge in [-0.05, 0) is 24.6 Å². The summed E-state index contributed by atoms with van der Waals surface area (Å²) in [7, 11) is 0. The third-order valence-corrected chi connectivity index (χ3v) is 2.69. The third kappa shape index (κ3) is 3.54. The van der Waals surface area contributed by atoms with Gasteiger partial charge in [-0.3, -0.25) is 0 Å². The van der Waals surface area contributed by atoms with Crippen LogP contribution in [0.4, 0.5) is 26.2 Å². The average molecular weight is 299 g/mol. The molecular weight excluding hydrogens is 286 g/mol. The molecule has 0 unspecified atom stereocenters. The molecule has 0 fully saturated rings. The van der Waals surface area contributed by atoms with E-state index in [1.807, 2.05) is 6.92 Å². The van der Waals surface area contributed by atoms with Crippen molar-refractivity contribution in [1.29, 1.82) is 0 Å². The van der Waals surface area contributed by atoms with E-state index in [2.05, 4.69) is 20.6 Å². The van der Waals surface area contributed by atoms with E-state index in [1.165, 1.54) is 18.2 Å². The van der Waals surface area contributed by atoms with E-state index in [1.54, 1.807) is 0 Å². The van der Waals surface area contributed by atoms with Crippen LogP contribution in [0.15, 0.2) is 24.4 Å². The molecule has 0 aliphatic rings. The van der Waals surface area contributed by atoms with Gasteiger partial charge in [0.15, 0.2) is 11.6 Å². The van der Waals surface area contributed by atoms with Crippen LogP contribution >= 0.6 is 11.6 Å². The topological polar surface area (TPSA) is 49.8 Å². The SMILES string of the molecule is CCCNc1ncc(F)c(Nc2cc(Cl)ccc2F)n1. The van der Waals surface area contributed by atoms with Crippen LogP contribution in [0.2, 0.25) is 5.02 Å². The second-order valence-electron chi connectivity index (χ2n) is 4.07. The van der Waals surface area contributed by atoms with Gasteiger partial charge in [0, 0.05) is 11.6 Å². The monoisotopic (exact) mass is 298 g/mol. The fourth-order valence-corrected chi connectivity index (χ4v) is 1.67. The molecule has 0 bridgehead atoms. The lowest BCUT2D eigenvalue weighted by molar-refractivity contribution is 0.616. The minimum Gasteiger partial charge on any atom is -0.354 e. The fourth-order valence-electron chi connectivity index (χ4n) is 1.50. The number of hydrogen-bond donors (Lipinski definition) is 2. The van der Waals surface area contributed by atoms with Crippen molar-refractivity contribution in [3.63, 3.8) is 0 Å². The standard InChI is InChI=1S/C13H13ClF2N4/c1-2-5-17-13-18-7-10(16)12(20-13)19-11-6-8(14)3-4-9(11)15/h3-4,6-7H,2,5H2,1H3,(H2,17,18,19,20). The van der Waals surface area contributed by atoms with Crippen LogP contribution in [-0.2, 0) is 0 Å². The van der Waals surface area contributed by atoms with E-state index in [-0.39, 0.29) is 17.5 Å². The summed E-state index contributed by atoms with van der Waals surface area (Å²) < 4.78 is 27.2. The minimum absolute atomic E-state index is 0.0524. The number of benzene rings is 1. The molecule has 7 heteroatoms. The highest BCUT2D eigenvalue weighted by atomic mass is 35.5. The second kappa shape index (κ2) is 6.47. The fraction of sp³-hybridized carbons (Fsp3) is 0.231. The first-order chi connectivity index (χ1) is 9.60. The van der Waals surface area contributed by atoms with E-state index in [0.29, 0.717) is 11.6 Å². The number of anilines is 3. The summed E-state index contributed by atoms with van der Waals surface area (Å²) >= 11 is 5.78. The van der Waals surface area contributed by atoms with Gasteiger partial charge in [0.25, 0.3) is 0 Å². The van der Waals surface area contributed by atoms with E-state index < -0.39 is 11.6 Å². The number of rotatable bonds is 5. The van der Waals surface area contributed by atoms with Crippen molar-refractivity contribution in [2.45, 2.75) is 13.3 Å². The molecule has 1 aromatic carbocycles. The van der Waals surface area contributed by atoms with Gasteiger partial charge in [0.1, 0.15) is 5.82 Å². The zero-order valence-corrected chi connectivity index (χ0v) is 11.5. The van der Waals surface area contributed by atoms with Gasteiger partial charge < -0.3 is 10.6 Å². The molecule has 0 saturated carbocycles. The van der Waals surface area contributed by atoms with E-state index in [9.17, 15) is 8.78 Å². The first-order valence-corrected chi connectivity index (χ1v) is 6.46. The van der Waals surface area contributed by atoms with Crippen LogP contribution in [-0.4, -0.2) is 16.5 Å². The van der Waals surface area contributed by atoms with Crippen molar-refractivity contribution in [3.8, 4) is 0 Å². The average Bonchev–Trinajstić information content (AvgIpc) is 2.43. The number of nitrogens with one attached hydrogen (secondary N) is 2. The van der Waals surface area contributed by atoms with Crippen molar-refractivity contribution in [1.82, 2.24) is 9.97 Å². The Morgan fingerprint density at radius 1 is 1.25 bits per heavy atom. The molecule has 2 rings (SSSR count). The molecule has 2 N–H and O–H groups in total. The van der Waals surface area contributed by atoms with E-state index in [4.69, 9.17) is 11.6 Å². The summed E-state index contributed by atoms with van der Waals surface area (Å²) in [5, 5.41) is 5.84. The predicted molar refractivity (Wildman–Crippen MR) is 75.5 cm³/mol. The summed E-state index contributed by atoms with van der Waals surface area (Å²) in [5.74, 6) is -1.06. The van der Waals surface area contributed by atoms with Crippen LogP contribution in [0, 0.1) is 11.6 Å². The molecule has 0 radical (unpaired) electrons. The maximum atomic E-state index is 13.6. The quantitative estimate of drug-likeness (QED) is 0.877. The van der Waals surface area contributed by atoms with Crippen LogP contribution in [0.5, 0.6) is 0 Å². The van der Waals surface area contributed by atoms with Crippen LogP contribution in [0.25, 0.3) is 0 Å². The molecule has 0 amide bonds. The zero-order valence-electron chi connectivity index (χ0n) is 10.8. The lowest BCUT2D eigenvalue weighted by atomic mass is 10.3. The molecule has 0 atom stereocenters. The summed E-state index contributed by atoms with van der Waals surface area (Å²) in [6.45, 7) is 2.65. The summed E-state index contributed by atoms with van der Waals surface area (Å²) in [6.07, 6.45) is 1.90. The molecular formula is C13H13ClF2N4. The first-order valence-electron chi connectivity index (χ1n) is 6.08. The molecule has 0 aliphatic heterocycles. The summed E-state index contributed by atoms with van der Waals surface area (Å²) in [5.41, 5.74) is 0.0524. The highest BCUT2D eigenvalue weighted by molar-refractivity contribution is 6.30. The second-order valence-corrected chi connectivity index (χ2v) is 4.50. The number of aromatic nitrogens is 2. The number of hydrogen-bond acceptors (Lipinski definition) is 4. The summed E-state index contributed by atoms with van der Waals surface area (Å²) in [6, 6.07) is 3.96. The van der Waals surface area contributed by atoms with Gasteiger partial charge in [0.2, 0.25) is 5.95 Å². The highest BCUT2D eigenvalue weighted by Crippen LogP contribution is 2.24. The Labute approximate surface area is 120 Å². The number of nitrogens with zero attached hydrogens (tertiary/aromatic N) is 2. The Kier molecular flexibility index (Phi) is 4.68. The lowest BCUT2D eigenvalue weighted by Gasteiger charge is -2.10. The van der Waals surface area contributed by atoms with Gasteiger partial charge in [-0.1, -0.05) is 18.5 Å². The van der Waals surface area contributed by atoms with Crippen molar-refractivity contribution in [2.24, 2.45) is 0 Å². The lowest BCUT2D eigenvalue weighted by Crippen LogP contribution is -2.07. The largest absolute Gasteiger partial charge is 0.354 e. The van der Waals surface area contributed by atoms with Gasteiger partial charge in [-0.15, -0.1) is 0 Å². The minimum atomic E-state index is -0.675. The molecule has 1 aromatic heterocycles. The van der Waals surface area contributed by atoms with E-state index in [0.717, 1.165) is 12.6 Å². The van der Waals surface area contributed by atoms with Crippen LogP contribution in [0.3, 0.4) is 0 Å². The maximum Gasteiger partial charge on any atom is 0.224 e. The third-order valence-electron chi connectivity index (χ3n) is 2.46. The molecule has 0 aliphatic carbocycles. The molecule has 0 saturated heterocycles. The number of halogens is 3. The Hall–Kier alpha value is -1.95. The van der Waals surface area contributed by atoms with Gasteiger partial charge in [0.05, 0.1) is 11.9 Å². The van der Waals surface area contributed by atoms with Gasteiger partial charge in [-0.25, -0.2) is 13.8 Å². The molecule has 20 heavy (non-hydrogen) atoms. The molecule has 4 nitrogen and oxygen atoms in total. The van der Waals surface area contributed by atoms with Crippen molar-refractivity contribution in [2.75, 3.05) is 17.2 Å². The van der Waals surface area contributed by atoms with Crippen molar-refractivity contribution >= 4 is 29.1 Å².